The van der Waals surface area contributed by atoms with E-state index in [2.05, 4.69) is 10.0 Å². The number of ether oxygens (including phenoxy) is 1. The third kappa shape index (κ3) is 6.19. The molecule has 8 heteroatoms. The predicted octanol–water partition coefficient (Wildman–Crippen LogP) is 2.02. The first-order valence-corrected chi connectivity index (χ1v) is 9.90. The van der Waals surface area contributed by atoms with E-state index < -0.39 is 35.1 Å². The number of anilines is 1. The molecule has 0 aliphatic heterocycles. The van der Waals surface area contributed by atoms with Gasteiger partial charge < -0.3 is 10.1 Å². The topological polar surface area (TPSA) is 102 Å². The molecule has 0 heterocycles. The van der Waals surface area contributed by atoms with Gasteiger partial charge >= 0.3 is 5.97 Å². The number of para-hydroxylation sites is 1. The van der Waals surface area contributed by atoms with Gasteiger partial charge in [-0.1, -0.05) is 42.8 Å². The van der Waals surface area contributed by atoms with Crippen molar-refractivity contribution in [3.8, 4) is 0 Å². The Balaban J connectivity index is 1.82. The molecule has 2 aromatic rings. The Morgan fingerprint density at radius 3 is 2.37 bits per heavy atom. The summed E-state index contributed by atoms with van der Waals surface area (Å²) in [4.78, 5) is 23.7. The molecule has 0 aliphatic rings. The summed E-state index contributed by atoms with van der Waals surface area (Å²) in [6.07, 6.45) is 0.747. The van der Waals surface area contributed by atoms with Crippen LogP contribution in [-0.4, -0.2) is 33.4 Å². The number of benzene rings is 2. The summed E-state index contributed by atoms with van der Waals surface area (Å²) in [5.74, 6) is -1.34. The van der Waals surface area contributed by atoms with Crippen LogP contribution in [0.25, 0.3) is 0 Å². The van der Waals surface area contributed by atoms with Gasteiger partial charge in [-0.3, -0.25) is 9.59 Å². The fraction of sp³-hybridized carbons (Fsp3) is 0.263. The first kappa shape index (κ1) is 20.6. The molecule has 0 aliphatic carbocycles. The molecule has 0 atom stereocenters. The number of sulfonamides is 1. The van der Waals surface area contributed by atoms with E-state index in [0.717, 1.165) is 17.5 Å². The number of aryl methyl sites for hydroxylation is 2. The normalized spacial score (nSPS) is 11.0. The van der Waals surface area contributed by atoms with Crippen molar-refractivity contribution < 1.29 is 22.7 Å². The zero-order chi connectivity index (χ0) is 19.9. The van der Waals surface area contributed by atoms with Gasteiger partial charge in [-0.15, -0.1) is 0 Å². The van der Waals surface area contributed by atoms with Gasteiger partial charge in [-0.2, -0.15) is 4.72 Å². The van der Waals surface area contributed by atoms with Crippen molar-refractivity contribution in [1.82, 2.24) is 4.72 Å². The first-order chi connectivity index (χ1) is 12.8. The van der Waals surface area contributed by atoms with Crippen LogP contribution in [0.5, 0.6) is 0 Å². The molecule has 0 fully saturated rings. The number of nitrogens with one attached hydrogen (secondary N) is 2. The molecule has 0 saturated carbocycles. The number of carbonyl (C=O) groups excluding carboxylic acids is 2. The smallest absolute Gasteiger partial charge is 0.321 e. The molecular weight excluding hydrogens is 368 g/mol. The zero-order valence-corrected chi connectivity index (χ0v) is 16.0. The van der Waals surface area contributed by atoms with Gasteiger partial charge in [-0.05, 0) is 37.1 Å². The SMILES string of the molecule is CCc1ccccc1NC(=O)COC(=O)CNS(=O)(=O)c1ccc(C)cc1. The second-order valence-electron chi connectivity index (χ2n) is 5.86. The number of rotatable bonds is 8. The summed E-state index contributed by atoms with van der Waals surface area (Å²) in [7, 11) is -3.82. The van der Waals surface area contributed by atoms with Crippen LogP contribution in [0.4, 0.5) is 5.69 Å². The fourth-order valence-electron chi connectivity index (χ4n) is 2.29. The van der Waals surface area contributed by atoms with Crippen LogP contribution < -0.4 is 10.0 Å². The van der Waals surface area contributed by atoms with Gasteiger partial charge in [0, 0.05) is 5.69 Å². The second kappa shape index (κ2) is 9.29. The number of esters is 1. The molecule has 0 radical (unpaired) electrons. The molecule has 0 unspecified atom stereocenters. The molecule has 27 heavy (non-hydrogen) atoms. The number of hydrogen-bond donors (Lipinski definition) is 2. The maximum absolute atomic E-state index is 12.1. The van der Waals surface area contributed by atoms with E-state index in [1.807, 2.05) is 26.0 Å². The maximum Gasteiger partial charge on any atom is 0.321 e. The van der Waals surface area contributed by atoms with Gasteiger partial charge in [-0.25, -0.2) is 8.42 Å². The highest BCUT2D eigenvalue weighted by atomic mass is 32.2. The van der Waals surface area contributed by atoms with Gasteiger partial charge in [0.15, 0.2) is 6.61 Å². The van der Waals surface area contributed by atoms with Crippen LogP contribution in [0.1, 0.15) is 18.1 Å². The summed E-state index contributed by atoms with van der Waals surface area (Å²) in [6, 6.07) is 13.5. The Bertz CT molecular complexity index is 908. The Morgan fingerprint density at radius 2 is 1.70 bits per heavy atom. The molecule has 1 amide bonds. The summed E-state index contributed by atoms with van der Waals surface area (Å²) in [6.45, 7) is 2.74. The Labute approximate surface area is 158 Å². The minimum absolute atomic E-state index is 0.0508. The van der Waals surface area contributed by atoms with E-state index in [9.17, 15) is 18.0 Å². The minimum atomic E-state index is -3.82. The third-order valence-electron chi connectivity index (χ3n) is 3.77. The minimum Gasteiger partial charge on any atom is -0.455 e. The number of hydrogen-bond acceptors (Lipinski definition) is 5. The maximum atomic E-state index is 12.1. The van der Waals surface area contributed by atoms with E-state index in [1.54, 1.807) is 24.3 Å². The second-order valence-corrected chi connectivity index (χ2v) is 7.62. The average Bonchev–Trinajstić information content (AvgIpc) is 2.65. The molecule has 2 aromatic carbocycles. The lowest BCUT2D eigenvalue weighted by molar-refractivity contribution is -0.146. The standard InChI is InChI=1S/C19H22N2O5S/c1-3-15-6-4-5-7-17(15)21-18(22)13-26-19(23)12-20-27(24,25)16-10-8-14(2)9-11-16/h4-11,20H,3,12-13H2,1-2H3,(H,21,22). The first-order valence-electron chi connectivity index (χ1n) is 8.41. The lowest BCUT2D eigenvalue weighted by Gasteiger charge is -2.10. The van der Waals surface area contributed by atoms with Gasteiger partial charge in [0.2, 0.25) is 10.0 Å². The molecule has 0 bridgehead atoms. The van der Waals surface area contributed by atoms with Crippen molar-refractivity contribution in [2.24, 2.45) is 0 Å². The molecule has 0 aromatic heterocycles. The lowest BCUT2D eigenvalue weighted by Crippen LogP contribution is -2.32. The van der Waals surface area contributed by atoms with Crippen LogP contribution in [0.3, 0.4) is 0 Å². The van der Waals surface area contributed by atoms with Crippen molar-refractivity contribution in [3.05, 3.63) is 59.7 Å². The van der Waals surface area contributed by atoms with Gasteiger partial charge in [0.1, 0.15) is 6.54 Å². The van der Waals surface area contributed by atoms with E-state index >= 15 is 0 Å². The molecule has 2 N–H and O–H groups in total. The Kier molecular flexibility index (Phi) is 7.09. The van der Waals surface area contributed by atoms with E-state index in [0.29, 0.717) is 5.69 Å². The highest BCUT2D eigenvalue weighted by Gasteiger charge is 2.16. The van der Waals surface area contributed by atoms with Gasteiger partial charge in [0.05, 0.1) is 4.90 Å². The van der Waals surface area contributed by atoms with Crippen LogP contribution in [-0.2, 0) is 30.8 Å². The molecule has 7 nitrogen and oxygen atoms in total. The van der Waals surface area contributed by atoms with E-state index in [4.69, 9.17) is 4.74 Å². The van der Waals surface area contributed by atoms with Crippen LogP contribution in [0.15, 0.2) is 53.4 Å². The van der Waals surface area contributed by atoms with Crippen molar-refractivity contribution in [2.75, 3.05) is 18.5 Å². The fourth-order valence-corrected chi connectivity index (χ4v) is 3.26. The summed E-state index contributed by atoms with van der Waals surface area (Å²) < 4.78 is 31.2. The van der Waals surface area contributed by atoms with Crippen LogP contribution in [0.2, 0.25) is 0 Å². The third-order valence-corrected chi connectivity index (χ3v) is 5.19. The van der Waals surface area contributed by atoms with E-state index in [1.165, 1.54) is 12.1 Å². The Hall–Kier alpha value is -2.71. The predicted molar refractivity (Wildman–Crippen MR) is 102 cm³/mol. The van der Waals surface area contributed by atoms with Crippen LogP contribution >= 0.6 is 0 Å². The molecular formula is C19H22N2O5S. The van der Waals surface area contributed by atoms with Crippen LogP contribution in [0, 0.1) is 6.92 Å². The number of carbonyl (C=O) groups is 2. The highest BCUT2D eigenvalue weighted by Crippen LogP contribution is 2.15. The van der Waals surface area contributed by atoms with Gasteiger partial charge in [0.25, 0.3) is 5.91 Å². The molecule has 144 valence electrons. The zero-order valence-electron chi connectivity index (χ0n) is 15.2. The van der Waals surface area contributed by atoms with E-state index in [-0.39, 0.29) is 4.90 Å². The average molecular weight is 390 g/mol. The lowest BCUT2D eigenvalue weighted by atomic mass is 10.1. The monoisotopic (exact) mass is 390 g/mol. The largest absolute Gasteiger partial charge is 0.455 e. The summed E-state index contributed by atoms with van der Waals surface area (Å²) >= 11 is 0. The van der Waals surface area contributed by atoms with Crippen molar-refractivity contribution in [1.29, 1.82) is 0 Å². The quantitative estimate of drug-likeness (QED) is 0.672. The van der Waals surface area contributed by atoms with Crippen molar-refractivity contribution in [3.63, 3.8) is 0 Å². The molecule has 0 saturated heterocycles. The summed E-state index contributed by atoms with van der Waals surface area (Å²) in [5.41, 5.74) is 2.54. The summed E-state index contributed by atoms with van der Waals surface area (Å²) in [5, 5.41) is 2.67. The Morgan fingerprint density at radius 1 is 1.04 bits per heavy atom. The van der Waals surface area contributed by atoms with Crippen molar-refractivity contribution >= 4 is 27.6 Å². The highest BCUT2D eigenvalue weighted by molar-refractivity contribution is 7.89. The molecule has 0 spiro atoms. The van der Waals surface area contributed by atoms with Crippen molar-refractivity contribution in [2.45, 2.75) is 25.2 Å². The number of amides is 1. The molecule has 2 rings (SSSR count).